The van der Waals surface area contributed by atoms with Gasteiger partial charge in [0.15, 0.2) is 0 Å². The van der Waals surface area contributed by atoms with Gasteiger partial charge in [-0.25, -0.2) is 0 Å². The van der Waals surface area contributed by atoms with Gasteiger partial charge in [-0.3, -0.25) is 0 Å². The van der Waals surface area contributed by atoms with Gasteiger partial charge in [0.25, 0.3) is 0 Å². The van der Waals surface area contributed by atoms with Crippen LogP contribution >= 0.6 is 0 Å². The molecule has 0 fully saturated rings. The zero-order valence-corrected chi connectivity index (χ0v) is 18.0. The minimum absolute atomic E-state index is 0.169. The van der Waals surface area contributed by atoms with Gasteiger partial charge in [-0.15, -0.1) is 0 Å². The highest BCUT2D eigenvalue weighted by Crippen LogP contribution is 2.44. The van der Waals surface area contributed by atoms with Crippen molar-refractivity contribution in [3.63, 3.8) is 0 Å². The Morgan fingerprint density at radius 1 is 0.679 bits per heavy atom. The standard InChI is InChI=1S/C26H38O2/c1-4-7-8-9-10-17-22-25(23-18-13-11-14-19-23)26(27-5-2,28-6-3)24-20-15-12-16-21-24/h11-16,18-21,25H,4-10,17,22H2,1-3H3. The maximum absolute atomic E-state index is 6.45. The SMILES string of the molecule is CCCCCCCCC(c1ccccc1)C(OCC)(OCC)c1ccccc1. The summed E-state index contributed by atoms with van der Waals surface area (Å²) >= 11 is 0. The molecule has 0 heterocycles. The van der Waals surface area contributed by atoms with Crippen LogP contribution in [0.1, 0.15) is 82.8 Å². The molecule has 2 aromatic rings. The van der Waals surface area contributed by atoms with Crippen LogP contribution in [0.3, 0.4) is 0 Å². The second-order valence-corrected chi connectivity index (χ2v) is 7.42. The van der Waals surface area contributed by atoms with Crippen LogP contribution in [0.5, 0.6) is 0 Å². The molecule has 0 aliphatic heterocycles. The van der Waals surface area contributed by atoms with E-state index in [-0.39, 0.29) is 5.92 Å². The molecule has 28 heavy (non-hydrogen) atoms. The fourth-order valence-corrected chi connectivity index (χ4v) is 4.10. The van der Waals surface area contributed by atoms with Crippen LogP contribution in [-0.4, -0.2) is 13.2 Å². The molecule has 0 saturated heterocycles. The van der Waals surface area contributed by atoms with Gasteiger partial charge in [0.2, 0.25) is 5.79 Å². The maximum atomic E-state index is 6.45. The third-order valence-corrected chi connectivity index (χ3v) is 5.40. The van der Waals surface area contributed by atoms with Crippen LogP contribution in [0, 0.1) is 0 Å². The van der Waals surface area contributed by atoms with Crippen molar-refractivity contribution >= 4 is 0 Å². The molecule has 2 aromatic carbocycles. The van der Waals surface area contributed by atoms with Crippen LogP contribution in [0.25, 0.3) is 0 Å². The van der Waals surface area contributed by atoms with E-state index in [1.165, 1.54) is 44.1 Å². The number of ether oxygens (including phenoxy) is 2. The van der Waals surface area contributed by atoms with Gasteiger partial charge in [0.1, 0.15) is 0 Å². The Morgan fingerprint density at radius 3 is 1.79 bits per heavy atom. The van der Waals surface area contributed by atoms with E-state index in [2.05, 4.69) is 81.4 Å². The third-order valence-electron chi connectivity index (χ3n) is 5.40. The van der Waals surface area contributed by atoms with Crippen molar-refractivity contribution in [3.05, 3.63) is 71.8 Å². The van der Waals surface area contributed by atoms with Crippen molar-refractivity contribution in [2.24, 2.45) is 0 Å². The second-order valence-electron chi connectivity index (χ2n) is 7.42. The van der Waals surface area contributed by atoms with E-state index in [0.29, 0.717) is 13.2 Å². The predicted molar refractivity (Wildman–Crippen MR) is 119 cm³/mol. The molecular formula is C26H38O2. The average molecular weight is 383 g/mol. The first-order chi connectivity index (χ1) is 13.8. The summed E-state index contributed by atoms with van der Waals surface area (Å²) in [6.07, 6.45) is 8.81. The van der Waals surface area contributed by atoms with E-state index in [0.717, 1.165) is 12.0 Å². The summed E-state index contributed by atoms with van der Waals surface area (Å²) in [6, 6.07) is 21.3. The fourth-order valence-electron chi connectivity index (χ4n) is 4.10. The van der Waals surface area contributed by atoms with Crippen LogP contribution < -0.4 is 0 Å². The first-order valence-corrected chi connectivity index (χ1v) is 11.2. The number of hydrogen-bond donors (Lipinski definition) is 0. The lowest BCUT2D eigenvalue weighted by molar-refractivity contribution is -0.258. The summed E-state index contributed by atoms with van der Waals surface area (Å²) < 4.78 is 12.9. The van der Waals surface area contributed by atoms with E-state index in [1.807, 2.05) is 0 Å². The zero-order chi connectivity index (χ0) is 20.1. The van der Waals surface area contributed by atoms with Crippen molar-refractivity contribution in [3.8, 4) is 0 Å². The molecule has 0 aromatic heterocycles. The number of benzene rings is 2. The molecule has 0 spiro atoms. The molecule has 0 N–H and O–H groups in total. The molecule has 1 unspecified atom stereocenters. The molecule has 1 atom stereocenters. The van der Waals surface area contributed by atoms with Gasteiger partial charge in [-0.05, 0) is 25.8 Å². The van der Waals surface area contributed by atoms with Gasteiger partial charge < -0.3 is 9.47 Å². The third kappa shape index (κ3) is 6.18. The van der Waals surface area contributed by atoms with E-state index in [1.54, 1.807) is 0 Å². The van der Waals surface area contributed by atoms with Gasteiger partial charge in [-0.1, -0.05) is 106 Å². The largest absolute Gasteiger partial charge is 0.346 e. The Bertz CT molecular complexity index is 617. The number of unbranched alkanes of at least 4 members (excludes halogenated alkanes) is 5. The van der Waals surface area contributed by atoms with Gasteiger partial charge in [-0.2, -0.15) is 0 Å². The highest BCUT2D eigenvalue weighted by Gasteiger charge is 2.43. The van der Waals surface area contributed by atoms with E-state index >= 15 is 0 Å². The molecule has 0 saturated carbocycles. The normalized spacial score (nSPS) is 12.8. The first kappa shape index (κ1) is 22.6. The summed E-state index contributed by atoms with van der Waals surface area (Å²) in [6.45, 7) is 7.63. The quantitative estimate of drug-likeness (QED) is 0.249. The van der Waals surface area contributed by atoms with E-state index < -0.39 is 5.79 Å². The Hall–Kier alpha value is -1.64. The molecule has 0 bridgehead atoms. The Morgan fingerprint density at radius 2 is 1.21 bits per heavy atom. The first-order valence-electron chi connectivity index (χ1n) is 11.2. The molecule has 0 radical (unpaired) electrons. The minimum atomic E-state index is -0.741. The summed E-state index contributed by atoms with van der Waals surface area (Å²) in [5.41, 5.74) is 2.40. The highest BCUT2D eigenvalue weighted by molar-refractivity contribution is 5.29. The molecule has 154 valence electrons. The smallest absolute Gasteiger partial charge is 0.201 e. The summed E-state index contributed by atoms with van der Waals surface area (Å²) in [5.74, 6) is -0.572. The van der Waals surface area contributed by atoms with E-state index in [4.69, 9.17) is 9.47 Å². The van der Waals surface area contributed by atoms with Crippen molar-refractivity contribution in [2.75, 3.05) is 13.2 Å². The van der Waals surface area contributed by atoms with Crippen LogP contribution in [0.15, 0.2) is 60.7 Å². The average Bonchev–Trinajstić information content (AvgIpc) is 2.74. The van der Waals surface area contributed by atoms with Crippen molar-refractivity contribution < 1.29 is 9.47 Å². The molecule has 2 heteroatoms. The lowest BCUT2D eigenvalue weighted by atomic mass is 9.81. The summed E-state index contributed by atoms with van der Waals surface area (Å²) in [5, 5.41) is 0. The van der Waals surface area contributed by atoms with Gasteiger partial charge in [0.05, 0.1) is 0 Å². The monoisotopic (exact) mass is 382 g/mol. The number of rotatable bonds is 14. The fraction of sp³-hybridized carbons (Fsp3) is 0.538. The topological polar surface area (TPSA) is 18.5 Å². The molecule has 2 nitrogen and oxygen atoms in total. The molecule has 0 aliphatic carbocycles. The zero-order valence-electron chi connectivity index (χ0n) is 18.0. The van der Waals surface area contributed by atoms with Crippen molar-refractivity contribution in [1.82, 2.24) is 0 Å². The van der Waals surface area contributed by atoms with Gasteiger partial charge in [0, 0.05) is 24.7 Å². The van der Waals surface area contributed by atoms with Crippen LogP contribution in [0.4, 0.5) is 0 Å². The Balaban J connectivity index is 2.32. The lowest BCUT2D eigenvalue weighted by Crippen LogP contribution is -2.40. The van der Waals surface area contributed by atoms with E-state index in [9.17, 15) is 0 Å². The van der Waals surface area contributed by atoms with Crippen molar-refractivity contribution in [1.29, 1.82) is 0 Å². The summed E-state index contributed by atoms with van der Waals surface area (Å²) in [7, 11) is 0. The van der Waals surface area contributed by atoms with Crippen LogP contribution in [0.2, 0.25) is 0 Å². The predicted octanol–water partition coefficient (Wildman–Crippen LogP) is 7.45. The van der Waals surface area contributed by atoms with Crippen molar-refractivity contribution in [2.45, 2.75) is 77.4 Å². The Kier molecular flexibility index (Phi) is 10.3. The molecular weight excluding hydrogens is 344 g/mol. The Labute approximate surface area is 172 Å². The number of hydrogen-bond acceptors (Lipinski definition) is 2. The highest BCUT2D eigenvalue weighted by atomic mass is 16.7. The van der Waals surface area contributed by atoms with Crippen LogP contribution in [-0.2, 0) is 15.3 Å². The minimum Gasteiger partial charge on any atom is -0.346 e. The van der Waals surface area contributed by atoms with Gasteiger partial charge >= 0.3 is 0 Å². The summed E-state index contributed by atoms with van der Waals surface area (Å²) in [4.78, 5) is 0. The second kappa shape index (κ2) is 12.7. The molecule has 2 rings (SSSR count). The maximum Gasteiger partial charge on any atom is 0.201 e. The molecule has 0 amide bonds. The molecule has 0 aliphatic rings. The lowest BCUT2D eigenvalue weighted by Gasteiger charge is -2.41.